The lowest BCUT2D eigenvalue weighted by Crippen LogP contribution is -2.10. The highest BCUT2D eigenvalue weighted by atomic mass is 32.2. The second-order valence-corrected chi connectivity index (χ2v) is 11.1. The molecule has 1 aliphatic heterocycles. The number of thioether (sulfide) groups is 2. The molecule has 1 heterocycles. The zero-order valence-corrected chi connectivity index (χ0v) is 22.1. The lowest BCUT2D eigenvalue weighted by atomic mass is 9.84. The third kappa shape index (κ3) is 6.59. The molecule has 0 saturated heterocycles. The minimum atomic E-state index is 0.646. The van der Waals surface area contributed by atoms with Gasteiger partial charge in [-0.05, 0) is 109 Å². The van der Waals surface area contributed by atoms with Gasteiger partial charge in [-0.1, -0.05) is 18.2 Å². The fourth-order valence-electron chi connectivity index (χ4n) is 4.92. The topological polar surface area (TPSA) is 47.6 Å². The van der Waals surface area contributed by atoms with Crippen molar-refractivity contribution in [3.05, 3.63) is 68.3 Å². The molecule has 0 N–H and O–H groups in total. The Labute approximate surface area is 209 Å². The summed E-state index contributed by atoms with van der Waals surface area (Å²) in [6.07, 6.45) is 7.53. The van der Waals surface area contributed by atoms with Crippen molar-refractivity contribution in [2.75, 3.05) is 0 Å². The van der Waals surface area contributed by atoms with E-state index in [0.29, 0.717) is 12.8 Å². The quantitative estimate of drug-likeness (QED) is 0.360. The average molecular weight is 477 g/mol. The summed E-state index contributed by atoms with van der Waals surface area (Å²) in [5, 5.41) is 17.9. The van der Waals surface area contributed by atoms with Gasteiger partial charge in [0.15, 0.2) is 0 Å². The molecule has 0 amide bonds. The van der Waals surface area contributed by atoms with Crippen molar-refractivity contribution in [2.45, 2.75) is 95.1 Å². The van der Waals surface area contributed by atoms with Gasteiger partial charge in [0, 0.05) is 35.9 Å². The smallest absolute Gasteiger partial charge is 0.0621 e. The molecule has 0 aliphatic carbocycles. The Morgan fingerprint density at radius 1 is 0.667 bits per heavy atom. The molecule has 2 nitrogen and oxygen atoms in total. The fourth-order valence-corrected chi connectivity index (χ4v) is 7.38. The van der Waals surface area contributed by atoms with Crippen molar-refractivity contribution in [2.24, 2.45) is 0 Å². The second-order valence-electron chi connectivity index (χ2n) is 9.08. The van der Waals surface area contributed by atoms with E-state index in [-0.39, 0.29) is 0 Å². The predicted molar refractivity (Wildman–Crippen MR) is 143 cm³/mol. The molecule has 0 aromatic heterocycles. The predicted octanol–water partition coefficient (Wildman–Crippen LogP) is 8.26. The van der Waals surface area contributed by atoms with Crippen LogP contribution in [0.3, 0.4) is 0 Å². The SMILES string of the molecule is Cc1c2cccc1CSCc1c(C)c(c(CCCCC#N)c(C)c1CCCCC#N)CSC2. The van der Waals surface area contributed by atoms with Crippen molar-refractivity contribution >= 4 is 23.5 Å². The van der Waals surface area contributed by atoms with Crippen LogP contribution in [-0.4, -0.2) is 0 Å². The maximum absolute atomic E-state index is 8.97. The van der Waals surface area contributed by atoms with Gasteiger partial charge in [-0.3, -0.25) is 0 Å². The fraction of sp³-hybridized carbons (Fsp3) is 0.517. The largest absolute Gasteiger partial charge is 0.198 e. The van der Waals surface area contributed by atoms with E-state index in [1.807, 2.05) is 23.5 Å². The Bertz CT molecular complexity index is 968. The Hall–Kier alpha value is -1.88. The van der Waals surface area contributed by atoms with E-state index < -0.39 is 0 Å². The highest BCUT2D eigenvalue weighted by molar-refractivity contribution is 7.98. The van der Waals surface area contributed by atoms with Gasteiger partial charge in [0.2, 0.25) is 0 Å². The summed E-state index contributed by atoms with van der Waals surface area (Å²) in [7, 11) is 0. The zero-order chi connectivity index (χ0) is 23.6. The third-order valence-electron chi connectivity index (χ3n) is 7.04. The number of hydrogen-bond donors (Lipinski definition) is 0. The van der Waals surface area contributed by atoms with Gasteiger partial charge in [-0.2, -0.15) is 34.0 Å². The number of benzene rings is 2. The summed E-state index contributed by atoms with van der Waals surface area (Å²) < 4.78 is 0. The number of hydrogen-bond acceptors (Lipinski definition) is 4. The maximum Gasteiger partial charge on any atom is 0.0621 e. The second kappa shape index (κ2) is 13.1. The molecule has 33 heavy (non-hydrogen) atoms. The van der Waals surface area contributed by atoms with Crippen molar-refractivity contribution in [1.29, 1.82) is 10.5 Å². The normalized spacial score (nSPS) is 13.5. The molecule has 4 bridgehead atoms. The van der Waals surface area contributed by atoms with Crippen molar-refractivity contribution in [3.8, 4) is 12.1 Å². The standard InChI is InChI=1S/C29H36N2S2/c1-21-24-11-10-12-25(21)18-33-20-29-23(3)28(19-32-17-24)26(13-6-4-8-15-30)22(2)27(29)14-7-5-9-16-31/h10-12H,4-9,13-14,17-20H2,1-3H3. The molecule has 0 fully saturated rings. The molecule has 0 saturated carbocycles. The number of unbranched alkanes of at least 4 members (excludes halogenated alkanes) is 4. The average Bonchev–Trinajstić information content (AvgIpc) is 2.81. The molecule has 1 aliphatic rings. The van der Waals surface area contributed by atoms with Gasteiger partial charge in [0.25, 0.3) is 0 Å². The summed E-state index contributed by atoms with van der Waals surface area (Å²) in [5.41, 5.74) is 13.5. The molecule has 3 rings (SSSR count). The van der Waals surface area contributed by atoms with Gasteiger partial charge >= 0.3 is 0 Å². The van der Waals surface area contributed by atoms with Crippen LogP contribution < -0.4 is 0 Å². The maximum atomic E-state index is 8.97. The first-order chi connectivity index (χ1) is 16.1. The van der Waals surface area contributed by atoms with Crippen LogP contribution in [0, 0.1) is 43.4 Å². The molecule has 0 spiro atoms. The van der Waals surface area contributed by atoms with Crippen molar-refractivity contribution < 1.29 is 0 Å². The van der Waals surface area contributed by atoms with Crippen LogP contribution in [0.2, 0.25) is 0 Å². The first kappa shape index (κ1) is 25.7. The first-order valence-corrected chi connectivity index (χ1v) is 14.5. The van der Waals surface area contributed by atoms with Gasteiger partial charge in [-0.15, -0.1) is 0 Å². The summed E-state index contributed by atoms with van der Waals surface area (Å²) in [6.45, 7) is 6.96. The van der Waals surface area contributed by atoms with E-state index in [1.54, 1.807) is 11.1 Å². The molecule has 0 atom stereocenters. The molecule has 2 aromatic rings. The first-order valence-electron chi connectivity index (χ1n) is 12.2. The number of rotatable bonds is 8. The van der Waals surface area contributed by atoms with E-state index in [0.717, 1.165) is 61.5 Å². The van der Waals surface area contributed by atoms with E-state index in [1.165, 1.54) is 38.9 Å². The zero-order valence-electron chi connectivity index (χ0n) is 20.4. The number of fused-ring (bicyclic) bond motifs is 4. The van der Waals surface area contributed by atoms with Gasteiger partial charge in [0.1, 0.15) is 0 Å². The van der Waals surface area contributed by atoms with Crippen LogP contribution in [0.5, 0.6) is 0 Å². The summed E-state index contributed by atoms with van der Waals surface area (Å²) in [5.74, 6) is 4.22. The third-order valence-corrected chi connectivity index (χ3v) is 9.05. The van der Waals surface area contributed by atoms with Crippen LogP contribution in [0.15, 0.2) is 18.2 Å². The summed E-state index contributed by atoms with van der Waals surface area (Å²) in [4.78, 5) is 0. The minimum Gasteiger partial charge on any atom is -0.198 e. The lowest BCUT2D eigenvalue weighted by Gasteiger charge is -2.25. The molecular weight excluding hydrogens is 440 g/mol. The minimum absolute atomic E-state index is 0.646. The Kier molecular flexibility index (Phi) is 10.2. The number of nitriles is 2. The summed E-state index contributed by atoms with van der Waals surface area (Å²) in [6, 6.07) is 11.4. The molecule has 0 unspecified atom stereocenters. The Balaban J connectivity index is 1.98. The van der Waals surface area contributed by atoms with E-state index >= 15 is 0 Å². The molecule has 4 heteroatoms. The van der Waals surface area contributed by atoms with Gasteiger partial charge in [0.05, 0.1) is 12.1 Å². The molecule has 0 radical (unpaired) electrons. The highest BCUT2D eigenvalue weighted by Crippen LogP contribution is 2.37. The molecule has 174 valence electrons. The molecule has 2 aromatic carbocycles. The Morgan fingerprint density at radius 3 is 1.61 bits per heavy atom. The van der Waals surface area contributed by atoms with Crippen molar-refractivity contribution in [1.82, 2.24) is 0 Å². The van der Waals surface area contributed by atoms with Crippen LogP contribution in [0.1, 0.15) is 88.6 Å². The van der Waals surface area contributed by atoms with Gasteiger partial charge < -0.3 is 0 Å². The van der Waals surface area contributed by atoms with Crippen LogP contribution in [0.25, 0.3) is 0 Å². The van der Waals surface area contributed by atoms with E-state index in [4.69, 9.17) is 10.5 Å². The van der Waals surface area contributed by atoms with Gasteiger partial charge in [-0.25, -0.2) is 0 Å². The highest BCUT2D eigenvalue weighted by Gasteiger charge is 2.20. The molecular formula is C29H36N2S2. The van der Waals surface area contributed by atoms with E-state index in [9.17, 15) is 0 Å². The van der Waals surface area contributed by atoms with Crippen LogP contribution in [0.4, 0.5) is 0 Å². The van der Waals surface area contributed by atoms with Crippen LogP contribution >= 0.6 is 23.5 Å². The lowest BCUT2D eigenvalue weighted by molar-refractivity contribution is 0.729. The Morgan fingerprint density at radius 2 is 1.15 bits per heavy atom. The van der Waals surface area contributed by atoms with Crippen molar-refractivity contribution in [3.63, 3.8) is 0 Å². The summed E-state index contributed by atoms with van der Waals surface area (Å²) >= 11 is 4.08. The van der Waals surface area contributed by atoms with E-state index in [2.05, 4.69) is 51.1 Å². The van der Waals surface area contributed by atoms with Crippen LogP contribution in [-0.2, 0) is 35.9 Å². The number of nitrogens with zero attached hydrogens (tertiary/aromatic N) is 2. The monoisotopic (exact) mass is 476 g/mol.